The molecule has 2 nitrogen and oxygen atoms in total. The smallest absolute Gasteiger partial charge is 0.123 e. The van der Waals surface area contributed by atoms with Crippen LogP contribution in [0.15, 0.2) is 18.2 Å². The summed E-state index contributed by atoms with van der Waals surface area (Å²) < 4.78 is 18.1. The van der Waals surface area contributed by atoms with Gasteiger partial charge in [-0.05, 0) is 37.2 Å². The van der Waals surface area contributed by atoms with Gasteiger partial charge in [0.2, 0.25) is 0 Å². The van der Waals surface area contributed by atoms with Gasteiger partial charge in [-0.3, -0.25) is 0 Å². The normalized spacial score (nSPS) is 10.5. The summed E-state index contributed by atoms with van der Waals surface area (Å²) in [6.07, 6.45) is 0. The Morgan fingerprint density at radius 1 is 1.43 bits per heavy atom. The van der Waals surface area contributed by atoms with Crippen molar-refractivity contribution >= 4 is 0 Å². The third kappa shape index (κ3) is 3.44. The molecule has 1 N–H and O–H groups in total. The Morgan fingerprint density at radius 2 is 2.21 bits per heavy atom. The molecule has 0 bridgehead atoms. The maximum atomic E-state index is 12.7. The SMILES string of the molecule is CNCCOCc1ccc(F)cc1C. The summed E-state index contributed by atoms with van der Waals surface area (Å²) in [4.78, 5) is 0. The van der Waals surface area contributed by atoms with E-state index in [1.165, 1.54) is 12.1 Å². The molecule has 0 amide bonds. The molecule has 0 unspecified atom stereocenters. The molecule has 0 fully saturated rings. The molecule has 3 heteroatoms. The molecule has 78 valence electrons. The molecule has 0 heterocycles. The van der Waals surface area contributed by atoms with Crippen LogP contribution in [0.5, 0.6) is 0 Å². The van der Waals surface area contributed by atoms with E-state index in [4.69, 9.17) is 4.74 Å². The van der Waals surface area contributed by atoms with Gasteiger partial charge in [-0.1, -0.05) is 6.07 Å². The summed E-state index contributed by atoms with van der Waals surface area (Å²) in [7, 11) is 1.88. The molecule has 14 heavy (non-hydrogen) atoms. The third-order valence-electron chi connectivity index (χ3n) is 2.06. The van der Waals surface area contributed by atoms with Crippen LogP contribution in [0.4, 0.5) is 4.39 Å². The first kappa shape index (κ1) is 11.1. The van der Waals surface area contributed by atoms with E-state index in [9.17, 15) is 4.39 Å². The standard InChI is InChI=1S/C11H16FNO/c1-9-7-11(12)4-3-10(9)8-14-6-5-13-2/h3-4,7,13H,5-6,8H2,1-2H3. The summed E-state index contributed by atoms with van der Waals surface area (Å²) in [5.74, 6) is -0.193. The summed E-state index contributed by atoms with van der Waals surface area (Å²) in [5, 5.41) is 2.99. The number of likely N-dealkylation sites (N-methyl/N-ethyl adjacent to an activating group) is 1. The number of benzene rings is 1. The number of nitrogens with one attached hydrogen (secondary N) is 1. The predicted molar refractivity (Wildman–Crippen MR) is 54.7 cm³/mol. The Labute approximate surface area is 84.1 Å². The van der Waals surface area contributed by atoms with Gasteiger partial charge in [0.25, 0.3) is 0 Å². The van der Waals surface area contributed by atoms with Gasteiger partial charge in [0.15, 0.2) is 0 Å². The quantitative estimate of drug-likeness (QED) is 0.728. The molecule has 0 aliphatic heterocycles. The van der Waals surface area contributed by atoms with Crippen LogP contribution in [-0.4, -0.2) is 20.2 Å². The lowest BCUT2D eigenvalue weighted by molar-refractivity contribution is 0.123. The van der Waals surface area contributed by atoms with E-state index in [0.29, 0.717) is 13.2 Å². The van der Waals surface area contributed by atoms with Gasteiger partial charge in [-0.2, -0.15) is 0 Å². The highest BCUT2D eigenvalue weighted by molar-refractivity contribution is 5.25. The van der Waals surface area contributed by atoms with Gasteiger partial charge in [-0.25, -0.2) is 4.39 Å². The first-order valence-electron chi connectivity index (χ1n) is 4.71. The average molecular weight is 197 g/mol. The summed E-state index contributed by atoms with van der Waals surface area (Å²) in [6.45, 7) is 3.95. The van der Waals surface area contributed by atoms with E-state index in [2.05, 4.69) is 5.32 Å². The minimum Gasteiger partial charge on any atom is -0.375 e. The van der Waals surface area contributed by atoms with Crippen LogP contribution in [0.2, 0.25) is 0 Å². The number of aryl methyl sites for hydroxylation is 1. The van der Waals surface area contributed by atoms with Crippen LogP contribution >= 0.6 is 0 Å². The fourth-order valence-electron chi connectivity index (χ4n) is 1.18. The Kier molecular flexibility index (Phi) is 4.56. The fraction of sp³-hybridized carbons (Fsp3) is 0.455. The fourth-order valence-corrected chi connectivity index (χ4v) is 1.18. The van der Waals surface area contributed by atoms with Crippen molar-refractivity contribution < 1.29 is 9.13 Å². The predicted octanol–water partition coefficient (Wildman–Crippen LogP) is 1.87. The van der Waals surface area contributed by atoms with Gasteiger partial charge in [0, 0.05) is 6.54 Å². The monoisotopic (exact) mass is 197 g/mol. The molecule has 0 atom stereocenters. The van der Waals surface area contributed by atoms with Crippen molar-refractivity contribution in [1.29, 1.82) is 0 Å². The molecule has 0 saturated heterocycles. The van der Waals surface area contributed by atoms with Gasteiger partial charge in [0.1, 0.15) is 5.82 Å². The minimum atomic E-state index is -0.193. The maximum absolute atomic E-state index is 12.7. The van der Waals surface area contributed by atoms with Crippen molar-refractivity contribution in [1.82, 2.24) is 5.32 Å². The molecule has 0 aliphatic rings. The van der Waals surface area contributed by atoms with Crippen molar-refractivity contribution in [2.24, 2.45) is 0 Å². The van der Waals surface area contributed by atoms with E-state index >= 15 is 0 Å². The molecule has 0 spiro atoms. The second-order valence-corrected chi connectivity index (χ2v) is 3.23. The number of hydrogen-bond donors (Lipinski definition) is 1. The van der Waals surface area contributed by atoms with Crippen LogP contribution < -0.4 is 5.32 Å². The molecule has 0 aliphatic carbocycles. The summed E-state index contributed by atoms with van der Waals surface area (Å²) in [5.41, 5.74) is 1.98. The minimum absolute atomic E-state index is 0.193. The third-order valence-corrected chi connectivity index (χ3v) is 2.06. The molecule has 0 aromatic heterocycles. The zero-order valence-corrected chi connectivity index (χ0v) is 8.64. The Balaban J connectivity index is 2.42. The van der Waals surface area contributed by atoms with E-state index in [1.54, 1.807) is 6.07 Å². The van der Waals surface area contributed by atoms with Crippen LogP contribution in [0, 0.1) is 12.7 Å². The topological polar surface area (TPSA) is 21.3 Å². The van der Waals surface area contributed by atoms with Crippen LogP contribution in [0.1, 0.15) is 11.1 Å². The zero-order valence-electron chi connectivity index (χ0n) is 8.64. The lowest BCUT2D eigenvalue weighted by atomic mass is 10.1. The van der Waals surface area contributed by atoms with Gasteiger partial charge in [-0.15, -0.1) is 0 Å². The molecule has 1 aromatic rings. The van der Waals surface area contributed by atoms with Crippen LogP contribution in [0.25, 0.3) is 0 Å². The molecular formula is C11H16FNO. The van der Waals surface area contributed by atoms with Gasteiger partial charge >= 0.3 is 0 Å². The zero-order chi connectivity index (χ0) is 10.4. The Hall–Kier alpha value is -0.930. The second kappa shape index (κ2) is 5.73. The lowest BCUT2D eigenvalue weighted by Crippen LogP contribution is -2.14. The van der Waals surface area contributed by atoms with Crippen molar-refractivity contribution in [2.45, 2.75) is 13.5 Å². The maximum Gasteiger partial charge on any atom is 0.123 e. The summed E-state index contributed by atoms with van der Waals surface area (Å²) in [6, 6.07) is 4.75. The molecular weight excluding hydrogens is 181 g/mol. The van der Waals surface area contributed by atoms with Gasteiger partial charge in [0.05, 0.1) is 13.2 Å². The van der Waals surface area contributed by atoms with Crippen molar-refractivity contribution in [3.05, 3.63) is 35.1 Å². The van der Waals surface area contributed by atoms with Crippen LogP contribution in [-0.2, 0) is 11.3 Å². The Morgan fingerprint density at radius 3 is 2.86 bits per heavy atom. The molecule has 0 radical (unpaired) electrons. The number of rotatable bonds is 5. The van der Waals surface area contributed by atoms with E-state index in [0.717, 1.165) is 17.7 Å². The number of ether oxygens (including phenoxy) is 1. The second-order valence-electron chi connectivity index (χ2n) is 3.23. The molecule has 1 aromatic carbocycles. The van der Waals surface area contributed by atoms with Crippen LogP contribution in [0.3, 0.4) is 0 Å². The van der Waals surface area contributed by atoms with Crippen molar-refractivity contribution in [3.63, 3.8) is 0 Å². The highest BCUT2D eigenvalue weighted by atomic mass is 19.1. The van der Waals surface area contributed by atoms with Gasteiger partial charge < -0.3 is 10.1 Å². The summed E-state index contributed by atoms with van der Waals surface area (Å²) >= 11 is 0. The number of halogens is 1. The molecule has 1 rings (SSSR count). The molecule has 0 saturated carbocycles. The largest absolute Gasteiger partial charge is 0.375 e. The van der Waals surface area contributed by atoms with Crippen molar-refractivity contribution in [2.75, 3.05) is 20.2 Å². The van der Waals surface area contributed by atoms with E-state index < -0.39 is 0 Å². The Bertz CT molecular complexity index is 289. The highest BCUT2D eigenvalue weighted by Gasteiger charge is 1.99. The average Bonchev–Trinajstić information content (AvgIpc) is 2.15. The van der Waals surface area contributed by atoms with Crippen molar-refractivity contribution in [3.8, 4) is 0 Å². The van der Waals surface area contributed by atoms with E-state index in [-0.39, 0.29) is 5.82 Å². The first-order valence-corrected chi connectivity index (χ1v) is 4.71. The first-order chi connectivity index (χ1) is 6.74. The highest BCUT2D eigenvalue weighted by Crippen LogP contribution is 2.10. The van der Waals surface area contributed by atoms with E-state index in [1.807, 2.05) is 14.0 Å². The number of hydrogen-bond acceptors (Lipinski definition) is 2. The lowest BCUT2D eigenvalue weighted by Gasteiger charge is -2.06.